The molecule has 3 aromatic carbocycles. The van der Waals surface area contributed by atoms with Gasteiger partial charge in [-0.2, -0.15) is 0 Å². The molecule has 2 aliphatic rings. The van der Waals surface area contributed by atoms with E-state index >= 15 is 0 Å². The lowest BCUT2D eigenvalue weighted by atomic mass is 10.1. The van der Waals surface area contributed by atoms with E-state index in [1.807, 2.05) is 31.2 Å². The van der Waals surface area contributed by atoms with E-state index in [9.17, 15) is 9.59 Å². The maximum atomic E-state index is 13.6. The molecule has 9 nitrogen and oxygen atoms in total. The van der Waals surface area contributed by atoms with Gasteiger partial charge in [-0.15, -0.1) is 10.2 Å². The van der Waals surface area contributed by atoms with Crippen molar-refractivity contribution in [1.82, 2.24) is 0 Å². The lowest BCUT2D eigenvalue weighted by Crippen LogP contribution is -2.28. The molecule has 2 amide bonds. The van der Waals surface area contributed by atoms with Crippen LogP contribution in [0.2, 0.25) is 0 Å². The average Bonchev–Trinajstić information content (AvgIpc) is 3.41. The lowest BCUT2D eigenvalue weighted by Gasteiger charge is -2.15. The fourth-order valence-electron chi connectivity index (χ4n) is 4.04. The molecule has 0 aromatic heterocycles. The molecule has 0 radical (unpaired) electrons. The van der Waals surface area contributed by atoms with Gasteiger partial charge in [0.1, 0.15) is 17.2 Å². The lowest BCUT2D eigenvalue weighted by molar-refractivity contribution is -0.113. The minimum Gasteiger partial charge on any atom is -0.497 e. The summed E-state index contributed by atoms with van der Waals surface area (Å²) in [7, 11) is 4.70. The van der Waals surface area contributed by atoms with Crippen LogP contribution in [0, 0.1) is 6.92 Å². The fraction of sp³-hybridized carbons (Fsp3) is 0.143. The van der Waals surface area contributed by atoms with Crippen molar-refractivity contribution in [3.8, 4) is 17.2 Å². The fourth-order valence-corrected chi connectivity index (χ4v) is 4.96. The third kappa shape index (κ3) is 4.73. The second kappa shape index (κ2) is 10.4. The Morgan fingerprint density at radius 3 is 2.32 bits per heavy atom. The van der Waals surface area contributed by atoms with Gasteiger partial charge in [0.25, 0.3) is 11.8 Å². The minimum atomic E-state index is -0.348. The normalized spacial score (nSPS) is 17.8. The van der Waals surface area contributed by atoms with Crippen LogP contribution in [0.3, 0.4) is 0 Å². The van der Waals surface area contributed by atoms with E-state index in [1.165, 1.54) is 4.90 Å². The molecule has 2 aliphatic heterocycles. The maximum absolute atomic E-state index is 13.6. The SMILES string of the molecule is COc1ccc(N2C(=O)C(=Cc3ccc(OC)cc3OC)SC2=NN=C2C(=O)Nc3ccc(C)cc32)cc1. The molecule has 1 N–H and O–H groups in total. The van der Waals surface area contributed by atoms with Crippen molar-refractivity contribution in [3.05, 3.63) is 82.3 Å². The van der Waals surface area contributed by atoms with Crippen molar-refractivity contribution in [2.75, 3.05) is 31.5 Å². The molecule has 10 heteroatoms. The summed E-state index contributed by atoms with van der Waals surface area (Å²) in [6.45, 7) is 1.94. The number of ether oxygens (including phenoxy) is 3. The van der Waals surface area contributed by atoms with Crippen LogP contribution in [-0.4, -0.2) is 44.0 Å². The Labute approximate surface area is 223 Å². The summed E-state index contributed by atoms with van der Waals surface area (Å²) in [5.74, 6) is 1.21. The van der Waals surface area contributed by atoms with Gasteiger partial charge in [-0.25, -0.2) is 0 Å². The predicted molar refractivity (Wildman–Crippen MR) is 149 cm³/mol. The van der Waals surface area contributed by atoms with Gasteiger partial charge in [0.2, 0.25) is 5.17 Å². The Balaban J connectivity index is 1.58. The van der Waals surface area contributed by atoms with E-state index in [2.05, 4.69) is 15.5 Å². The van der Waals surface area contributed by atoms with Crippen LogP contribution in [-0.2, 0) is 9.59 Å². The molecule has 0 spiro atoms. The summed E-state index contributed by atoms with van der Waals surface area (Å²) >= 11 is 1.16. The van der Waals surface area contributed by atoms with Crippen molar-refractivity contribution < 1.29 is 23.8 Å². The second-order valence-corrected chi connectivity index (χ2v) is 9.40. The number of rotatable bonds is 6. The van der Waals surface area contributed by atoms with Gasteiger partial charge in [0.05, 0.1) is 37.6 Å². The van der Waals surface area contributed by atoms with Crippen molar-refractivity contribution in [2.45, 2.75) is 6.92 Å². The van der Waals surface area contributed by atoms with Gasteiger partial charge in [0, 0.05) is 17.2 Å². The third-order valence-corrected chi connectivity index (χ3v) is 6.95. The molecule has 3 aromatic rings. The Kier molecular flexibility index (Phi) is 6.89. The third-order valence-electron chi connectivity index (χ3n) is 5.99. The van der Waals surface area contributed by atoms with Crippen molar-refractivity contribution in [2.24, 2.45) is 10.2 Å². The molecule has 0 unspecified atom stereocenters. The van der Waals surface area contributed by atoms with Crippen LogP contribution in [0.5, 0.6) is 17.2 Å². The van der Waals surface area contributed by atoms with Crippen LogP contribution >= 0.6 is 11.8 Å². The highest BCUT2D eigenvalue weighted by atomic mass is 32.2. The number of fused-ring (bicyclic) bond motifs is 1. The Bertz CT molecular complexity index is 1530. The number of carbonyl (C=O) groups is 2. The summed E-state index contributed by atoms with van der Waals surface area (Å²) in [4.78, 5) is 28.1. The van der Waals surface area contributed by atoms with Crippen molar-refractivity contribution in [3.63, 3.8) is 0 Å². The van der Waals surface area contributed by atoms with E-state index in [4.69, 9.17) is 14.2 Å². The second-order valence-electron chi connectivity index (χ2n) is 8.39. The number of anilines is 2. The molecule has 0 saturated carbocycles. The number of nitrogens with one attached hydrogen (secondary N) is 1. The Morgan fingerprint density at radius 1 is 0.868 bits per heavy atom. The first-order valence-corrected chi connectivity index (χ1v) is 12.4. The van der Waals surface area contributed by atoms with Crippen LogP contribution in [0.25, 0.3) is 6.08 Å². The molecule has 192 valence electrons. The number of hydrogen-bond acceptors (Lipinski definition) is 8. The number of amides is 2. The number of nitrogens with zero attached hydrogens (tertiary/aromatic N) is 3. The number of hydrogen-bond donors (Lipinski definition) is 1. The summed E-state index contributed by atoms with van der Waals surface area (Å²) in [6, 6.07) is 18.0. The first-order chi connectivity index (χ1) is 18.4. The highest BCUT2D eigenvalue weighted by molar-refractivity contribution is 8.19. The monoisotopic (exact) mass is 528 g/mol. The molecule has 38 heavy (non-hydrogen) atoms. The molecule has 5 rings (SSSR count). The number of thioether (sulfide) groups is 1. The Morgan fingerprint density at radius 2 is 1.61 bits per heavy atom. The van der Waals surface area contributed by atoms with E-state index in [-0.39, 0.29) is 17.5 Å². The zero-order valence-corrected chi connectivity index (χ0v) is 22.0. The predicted octanol–water partition coefficient (Wildman–Crippen LogP) is 4.85. The van der Waals surface area contributed by atoms with Crippen LogP contribution in [0.4, 0.5) is 11.4 Å². The van der Waals surface area contributed by atoms with Gasteiger partial charge in [0.15, 0.2) is 5.71 Å². The first kappa shape index (κ1) is 25.1. The summed E-state index contributed by atoms with van der Waals surface area (Å²) < 4.78 is 16.0. The summed E-state index contributed by atoms with van der Waals surface area (Å²) in [5, 5.41) is 11.8. The van der Waals surface area contributed by atoms with Crippen LogP contribution < -0.4 is 24.4 Å². The highest BCUT2D eigenvalue weighted by Crippen LogP contribution is 2.38. The van der Waals surface area contributed by atoms with Gasteiger partial charge in [-0.05, 0) is 73.3 Å². The van der Waals surface area contributed by atoms with Gasteiger partial charge in [-0.1, -0.05) is 11.6 Å². The molecule has 1 saturated heterocycles. The van der Waals surface area contributed by atoms with Gasteiger partial charge in [-0.3, -0.25) is 14.5 Å². The average molecular weight is 529 g/mol. The molecule has 0 atom stereocenters. The number of methoxy groups -OCH3 is 3. The summed E-state index contributed by atoms with van der Waals surface area (Å²) in [6.07, 6.45) is 1.73. The number of amidine groups is 1. The quantitative estimate of drug-likeness (QED) is 0.362. The Hall–Kier alpha value is -4.57. The molecule has 0 aliphatic carbocycles. The van der Waals surface area contributed by atoms with E-state index < -0.39 is 0 Å². The smallest absolute Gasteiger partial charge is 0.276 e. The van der Waals surface area contributed by atoms with Crippen molar-refractivity contribution in [1.29, 1.82) is 0 Å². The molecular weight excluding hydrogens is 504 g/mol. The minimum absolute atomic E-state index is 0.188. The molecule has 1 fully saturated rings. The summed E-state index contributed by atoms with van der Waals surface area (Å²) in [5.41, 5.74) is 3.81. The first-order valence-electron chi connectivity index (χ1n) is 11.6. The zero-order valence-electron chi connectivity index (χ0n) is 21.1. The van der Waals surface area contributed by atoms with E-state index in [0.717, 1.165) is 17.3 Å². The topological polar surface area (TPSA) is 102 Å². The molecular formula is C28H24N4O5S. The number of aryl methyl sites for hydroxylation is 1. The number of benzene rings is 3. The van der Waals surface area contributed by atoms with Crippen molar-refractivity contribution >= 4 is 51.9 Å². The molecule has 2 heterocycles. The standard InChI is InChI=1S/C28H24N4O5S/c1-16-5-12-22-21(13-16)25(26(33)29-22)30-31-28-32(18-7-10-19(35-2)11-8-18)27(34)24(38-28)14-17-6-9-20(36-3)15-23(17)37-4/h5-15H,1-4H3,(H,29,30,33). The van der Waals surface area contributed by atoms with Gasteiger partial charge >= 0.3 is 0 Å². The number of carbonyl (C=O) groups excluding carboxylic acids is 2. The van der Waals surface area contributed by atoms with E-state index in [0.29, 0.717) is 49.8 Å². The van der Waals surface area contributed by atoms with E-state index in [1.54, 1.807) is 63.8 Å². The molecule has 0 bridgehead atoms. The van der Waals surface area contributed by atoms with Gasteiger partial charge < -0.3 is 19.5 Å². The largest absolute Gasteiger partial charge is 0.497 e. The zero-order chi connectivity index (χ0) is 26.8. The highest BCUT2D eigenvalue weighted by Gasteiger charge is 2.36. The maximum Gasteiger partial charge on any atom is 0.276 e. The van der Waals surface area contributed by atoms with Crippen LogP contribution in [0.15, 0.2) is 75.8 Å². The van der Waals surface area contributed by atoms with Crippen LogP contribution in [0.1, 0.15) is 16.7 Å².